The Morgan fingerprint density at radius 1 is 0.724 bits per heavy atom. The van der Waals surface area contributed by atoms with Crippen LogP contribution < -0.4 is 18.9 Å². The maximum atomic E-state index is 12.6. The summed E-state index contributed by atoms with van der Waals surface area (Å²) in [5.74, 6) is 0.0388. The van der Waals surface area contributed by atoms with Gasteiger partial charge in [-0.25, -0.2) is 0 Å². The minimum absolute atomic E-state index is 0.194. The van der Waals surface area contributed by atoms with Crippen molar-refractivity contribution in [2.45, 2.75) is 48.5 Å². The van der Waals surface area contributed by atoms with Crippen LogP contribution in [0.5, 0.6) is 23.0 Å². The number of methoxy groups -OCH3 is 2. The van der Waals surface area contributed by atoms with Gasteiger partial charge in [0.15, 0.2) is 11.5 Å². The lowest BCUT2D eigenvalue weighted by Crippen LogP contribution is -2.27. The quantitative estimate of drug-likeness (QED) is 0.525. The largest absolute Gasteiger partial charge is 0.490 e. The summed E-state index contributed by atoms with van der Waals surface area (Å²) in [5.41, 5.74) is -0.593. The molecule has 0 N–H and O–H groups in total. The van der Waals surface area contributed by atoms with Gasteiger partial charge in [0.2, 0.25) is 11.5 Å². The van der Waals surface area contributed by atoms with Crippen LogP contribution in [0.2, 0.25) is 0 Å². The molecule has 158 valence electrons. The summed E-state index contributed by atoms with van der Waals surface area (Å²) in [4.78, 5) is 25.3. The van der Waals surface area contributed by atoms with Crippen LogP contribution in [0.3, 0.4) is 0 Å². The SMILES string of the molecule is COc1c(OC)c(OC(=O)C(C)(C)C)c2c(C)cccc2c1OC(=O)C(C)(C)C. The second-order valence-electron chi connectivity index (χ2n) is 9.00. The minimum Gasteiger partial charge on any atom is -0.490 e. The lowest BCUT2D eigenvalue weighted by atomic mass is 9.96. The van der Waals surface area contributed by atoms with Crippen molar-refractivity contribution in [1.82, 2.24) is 0 Å². The maximum absolute atomic E-state index is 12.6. The van der Waals surface area contributed by atoms with E-state index in [1.165, 1.54) is 14.2 Å². The van der Waals surface area contributed by atoms with Gasteiger partial charge >= 0.3 is 11.9 Å². The first-order valence-corrected chi connectivity index (χ1v) is 9.44. The highest BCUT2D eigenvalue weighted by atomic mass is 16.6. The Bertz CT molecular complexity index is 945. The Hall–Kier alpha value is -2.76. The summed E-state index contributed by atoms with van der Waals surface area (Å²) < 4.78 is 22.6. The number of hydrogen-bond acceptors (Lipinski definition) is 6. The van der Waals surface area contributed by atoms with Crippen molar-refractivity contribution < 1.29 is 28.5 Å². The van der Waals surface area contributed by atoms with E-state index in [1.807, 2.05) is 19.1 Å². The fourth-order valence-corrected chi connectivity index (χ4v) is 2.66. The van der Waals surface area contributed by atoms with Crippen molar-refractivity contribution in [3.05, 3.63) is 23.8 Å². The Kier molecular flexibility index (Phi) is 6.16. The Balaban J connectivity index is 2.87. The molecular weight excluding hydrogens is 372 g/mol. The third-order valence-electron chi connectivity index (χ3n) is 4.39. The van der Waals surface area contributed by atoms with Crippen LogP contribution in [0.25, 0.3) is 10.8 Å². The third kappa shape index (κ3) is 4.47. The molecule has 2 rings (SSSR count). The summed E-state index contributed by atoms with van der Waals surface area (Å²) in [7, 11) is 2.90. The number of esters is 2. The topological polar surface area (TPSA) is 71.1 Å². The first kappa shape index (κ1) is 22.5. The molecule has 0 bridgehead atoms. The average Bonchev–Trinajstić information content (AvgIpc) is 2.61. The number of carbonyl (C=O) groups excluding carboxylic acids is 2. The van der Waals surface area contributed by atoms with Crippen molar-refractivity contribution in [2.24, 2.45) is 10.8 Å². The Labute approximate surface area is 172 Å². The van der Waals surface area contributed by atoms with Crippen LogP contribution in [-0.2, 0) is 9.59 Å². The molecule has 6 nitrogen and oxygen atoms in total. The normalized spacial score (nSPS) is 11.9. The van der Waals surface area contributed by atoms with E-state index in [2.05, 4.69) is 0 Å². The van der Waals surface area contributed by atoms with Gasteiger partial charge < -0.3 is 18.9 Å². The standard InChI is InChI=1S/C23H30O6/c1-13-11-10-12-14-15(13)17(29-21(25)23(5,6)7)19(27-9)18(26-8)16(14)28-20(24)22(2,3)4/h10-12H,1-9H3. The van der Waals surface area contributed by atoms with Gasteiger partial charge in [0, 0.05) is 10.8 Å². The van der Waals surface area contributed by atoms with Crippen LogP contribution in [0.15, 0.2) is 18.2 Å². The Morgan fingerprint density at radius 3 is 1.62 bits per heavy atom. The van der Waals surface area contributed by atoms with E-state index in [4.69, 9.17) is 18.9 Å². The second-order valence-corrected chi connectivity index (χ2v) is 9.00. The first-order valence-electron chi connectivity index (χ1n) is 9.44. The number of ether oxygens (including phenoxy) is 4. The first-order chi connectivity index (χ1) is 13.3. The number of benzene rings is 2. The van der Waals surface area contributed by atoms with Crippen LogP contribution in [-0.4, -0.2) is 26.2 Å². The fourth-order valence-electron chi connectivity index (χ4n) is 2.66. The summed E-state index contributed by atoms with van der Waals surface area (Å²) >= 11 is 0. The van der Waals surface area contributed by atoms with Crippen LogP contribution in [0.1, 0.15) is 47.1 Å². The van der Waals surface area contributed by atoms with Gasteiger partial charge in [0.1, 0.15) is 0 Å². The molecule has 0 saturated heterocycles. The maximum Gasteiger partial charge on any atom is 0.316 e. The lowest BCUT2D eigenvalue weighted by Gasteiger charge is -2.24. The zero-order valence-electron chi connectivity index (χ0n) is 18.7. The second kappa shape index (κ2) is 7.93. The van der Waals surface area contributed by atoms with E-state index in [0.717, 1.165) is 5.56 Å². The van der Waals surface area contributed by atoms with E-state index in [1.54, 1.807) is 47.6 Å². The van der Waals surface area contributed by atoms with E-state index >= 15 is 0 Å². The van der Waals surface area contributed by atoms with Crippen LogP contribution in [0, 0.1) is 17.8 Å². The molecule has 0 aromatic heterocycles. The average molecular weight is 402 g/mol. The number of rotatable bonds is 4. The van der Waals surface area contributed by atoms with E-state index < -0.39 is 22.8 Å². The summed E-state index contributed by atoms with van der Waals surface area (Å²) in [5, 5.41) is 1.22. The van der Waals surface area contributed by atoms with Gasteiger partial charge in [-0.05, 0) is 54.0 Å². The number of fused-ring (bicyclic) bond motifs is 1. The van der Waals surface area contributed by atoms with Crippen molar-refractivity contribution in [1.29, 1.82) is 0 Å². The van der Waals surface area contributed by atoms with Crippen LogP contribution in [0.4, 0.5) is 0 Å². The lowest BCUT2D eigenvalue weighted by molar-refractivity contribution is -0.144. The summed E-state index contributed by atoms with van der Waals surface area (Å²) in [6, 6.07) is 5.52. The molecule has 0 fully saturated rings. The molecule has 0 aliphatic heterocycles. The van der Waals surface area contributed by atoms with E-state index in [0.29, 0.717) is 10.8 Å². The highest BCUT2D eigenvalue weighted by Crippen LogP contribution is 2.52. The predicted octanol–water partition coefficient (Wildman–Crippen LogP) is 5.07. The smallest absolute Gasteiger partial charge is 0.316 e. The molecule has 0 amide bonds. The molecule has 29 heavy (non-hydrogen) atoms. The van der Waals surface area contributed by atoms with Crippen molar-refractivity contribution in [2.75, 3.05) is 14.2 Å². The number of aryl methyl sites for hydroxylation is 1. The molecule has 0 saturated carbocycles. The molecular formula is C23H30O6. The van der Waals surface area contributed by atoms with Gasteiger partial charge in [-0.3, -0.25) is 9.59 Å². The molecule has 6 heteroatoms. The zero-order chi connectivity index (χ0) is 22.1. The monoisotopic (exact) mass is 402 g/mol. The molecule has 0 heterocycles. The molecule has 0 radical (unpaired) electrons. The van der Waals surface area contributed by atoms with Crippen LogP contribution >= 0.6 is 0 Å². The summed E-state index contributed by atoms with van der Waals surface area (Å²) in [6.07, 6.45) is 0. The highest BCUT2D eigenvalue weighted by molar-refractivity contribution is 6.03. The van der Waals surface area contributed by atoms with Crippen molar-refractivity contribution in [3.8, 4) is 23.0 Å². The number of hydrogen-bond donors (Lipinski definition) is 0. The van der Waals surface area contributed by atoms with Crippen molar-refractivity contribution >= 4 is 22.7 Å². The third-order valence-corrected chi connectivity index (χ3v) is 4.39. The minimum atomic E-state index is -0.718. The molecule has 0 unspecified atom stereocenters. The molecule has 2 aromatic carbocycles. The molecule has 0 aliphatic rings. The molecule has 0 atom stereocenters. The van der Waals surface area contributed by atoms with E-state index in [-0.39, 0.29) is 23.0 Å². The molecule has 0 aliphatic carbocycles. The highest BCUT2D eigenvalue weighted by Gasteiger charge is 2.32. The predicted molar refractivity (Wildman–Crippen MR) is 112 cm³/mol. The van der Waals surface area contributed by atoms with Gasteiger partial charge in [-0.1, -0.05) is 18.2 Å². The van der Waals surface area contributed by atoms with Gasteiger partial charge in [0.25, 0.3) is 0 Å². The fraction of sp³-hybridized carbons (Fsp3) is 0.478. The van der Waals surface area contributed by atoms with Gasteiger partial charge in [0.05, 0.1) is 25.0 Å². The summed E-state index contributed by atoms with van der Waals surface area (Å²) in [6.45, 7) is 12.5. The van der Waals surface area contributed by atoms with Gasteiger partial charge in [-0.2, -0.15) is 0 Å². The van der Waals surface area contributed by atoms with Gasteiger partial charge in [-0.15, -0.1) is 0 Å². The van der Waals surface area contributed by atoms with E-state index in [9.17, 15) is 9.59 Å². The number of carbonyl (C=O) groups is 2. The zero-order valence-corrected chi connectivity index (χ0v) is 18.7. The van der Waals surface area contributed by atoms with Crippen molar-refractivity contribution in [3.63, 3.8) is 0 Å². The Morgan fingerprint density at radius 2 is 1.17 bits per heavy atom. The molecule has 0 spiro atoms. The molecule has 2 aromatic rings.